The van der Waals surface area contributed by atoms with Gasteiger partial charge in [0.2, 0.25) is 0 Å². The summed E-state index contributed by atoms with van der Waals surface area (Å²) in [5.74, 6) is 3.11. The highest BCUT2D eigenvalue weighted by atomic mass is 32.2. The maximum atomic E-state index is 12.9. The largest absolute Gasteiger partial charge is 0.493 e. The van der Waals surface area contributed by atoms with Crippen LogP contribution in [0.2, 0.25) is 0 Å². The Hall–Kier alpha value is -3.32. The van der Waals surface area contributed by atoms with E-state index in [0.29, 0.717) is 29.2 Å². The molecule has 2 bridgehead atoms. The smallest absolute Gasteiger partial charge is 0.261 e. The maximum Gasteiger partial charge on any atom is 0.261 e. The van der Waals surface area contributed by atoms with Crippen molar-refractivity contribution in [3.05, 3.63) is 82.9 Å². The summed E-state index contributed by atoms with van der Waals surface area (Å²) < 4.78 is 39.8. The van der Waals surface area contributed by atoms with Gasteiger partial charge in [-0.15, -0.1) is 0 Å². The number of aryl methyl sites for hydroxylation is 1. The van der Waals surface area contributed by atoms with Gasteiger partial charge in [-0.2, -0.15) is 0 Å². The Kier molecular flexibility index (Phi) is 5.98. The molecule has 2 atom stereocenters. The Morgan fingerprint density at radius 1 is 0.838 bits per heavy atom. The first kappa shape index (κ1) is 24.0. The minimum absolute atomic E-state index is 0.243. The molecule has 1 aliphatic heterocycles. The first-order valence-electron chi connectivity index (χ1n) is 12.9. The Morgan fingerprint density at radius 3 is 2.11 bits per heavy atom. The van der Waals surface area contributed by atoms with Crippen LogP contribution in [0.5, 0.6) is 11.5 Å². The molecule has 0 unspecified atom stereocenters. The Balaban J connectivity index is 1.37. The number of anilines is 1. The first-order valence-corrected chi connectivity index (χ1v) is 14.4. The van der Waals surface area contributed by atoms with Gasteiger partial charge in [-0.3, -0.25) is 9.71 Å². The molecule has 3 fully saturated rings. The van der Waals surface area contributed by atoms with Gasteiger partial charge in [-0.05, 0) is 86.4 Å². The van der Waals surface area contributed by atoms with Gasteiger partial charge in [0.25, 0.3) is 10.0 Å². The quantitative estimate of drug-likeness (QED) is 0.440. The number of methoxy groups -OCH3 is 2. The van der Waals surface area contributed by atoms with Gasteiger partial charge in [0.1, 0.15) is 0 Å². The Morgan fingerprint density at radius 2 is 1.46 bits per heavy atom. The minimum atomic E-state index is -3.67. The number of nitrogens with one attached hydrogen (secondary N) is 1. The van der Waals surface area contributed by atoms with Crippen LogP contribution in [0.1, 0.15) is 53.9 Å². The predicted molar refractivity (Wildman–Crippen MR) is 146 cm³/mol. The van der Waals surface area contributed by atoms with Gasteiger partial charge < -0.3 is 9.47 Å². The van der Waals surface area contributed by atoms with Crippen LogP contribution in [0.15, 0.2) is 70.6 Å². The van der Waals surface area contributed by atoms with Gasteiger partial charge in [0.15, 0.2) is 11.5 Å². The van der Waals surface area contributed by atoms with E-state index in [1.54, 1.807) is 38.5 Å². The van der Waals surface area contributed by atoms with Gasteiger partial charge in [-0.1, -0.05) is 29.8 Å². The molecule has 37 heavy (non-hydrogen) atoms. The molecule has 3 aromatic carbocycles. The second kappa shape index (κ2) is 9.21. The van der Waals surface area contributed by atoms with Crippen LogP contribution in [-0.2, 0) is 10.0 Å². The predicted octanol–water partition coefficient (Wildman–Crippen LogP) is 5.94. The topological polar surface area (TPSA) is 77.0 Å². The fourth-order valence-corrected chi connectivity index (χ4v) is 7.55. The van der Waals surface area contributed by atoms with Gasteiger partial charge in [-0.25, -0.2) is 8.42 Å². The molecule has 0 radical (unpaired) electrons. The molecule has 3 saturated carbocycles. The molecule has 192 valence electrons. The average molecular weight is 517 g/mol. The molecular weight excluding hydrogens is 484 g/mol. The van der Waals surface area contributed by atoms with Crippen molar-refractivity contribution >= 4 is 21.4 Å². The normalized spacial score (nSPS) is 24.0. The van der Waals surface area contributed by atoms with E-state index in [2.05, 4.69) is 16.9 Å². The van der Waals surface area contributed by atoms with Gasteiger partial charge >= 0.3 is 0 Å². The fourth-order valence-electron chi connectivity index (χ4n) is 6.49. The molecule has 1 heterocycles. The number of nitrogens with zero attached hydrogens (tertiary/aromatic N) is 1. The number of sulfonamides is 1. The van der Waals surface area contributed by atoms with Crippen LogP contribution < -0.4 is 14.2 Å². The molecule has 0 amide bonds. The third-order valence-electron chi connectivity index (χ3n) is 8.37. The van der Waals surface area contributed by atoms with E-state index in [1.165, 1.54) is 31.2 Å². The van der Waals surface area contributed by atoms with Crippen molar-refractivity contribution in [2.24, 2.45) is 16.8 Å². The van der Waals surface area contributed by atoms with Gasteiger partial charge in [0.05, 0.1) is 30.9 Å². The number of hydrogen-bond donors (Lipinski definition) is 1. The summed E-state index contributed by atoms with van der Waals surface area (Å²) in [7, 11) is -0.325. The van der Waals surface area contributed by atoms with Crippen molar-refractivity contribution in [3.8, 4) is 11.5 Å². The van der Waals surface area contributed by atoms with E-state index in [0.717, 1.165) is 28.2 Å². The number of ether oxygens (including phenoxy) is 2. The van der Waals surface area contributed by atoms with Crippen molar-refractivity contribution in [2.45, 2.75) is 49.5 Å². The monoisotopic (exact) mass is 516 g/mol. The van der Waals surface area contributed by atoms with E-state index in [1.807, 2.05) is 31.2 Å². The second-order valence-corrected chi connectivity index (χ2v) is 12.1. The highest BCUT2D eigenvalue weighted by molar-refractivity contribution is 7.92. The molecule has 1 N–H and O–H groups in total. The van der Waals surface area contributed by atoms with E-state index in [9.17, 15) is 8.42 Å². The molecule has 0 spiro atoms. The summed E-state index contributed by atoms with van der Waals surface area (Å²) in [5.41, 5.74) is 5.82. The molecule has 3 aliphatic carbocycles. The highest BCUT2D eigenvalue weighted by Crippen LogP contribution is 2.55. The second-order valence-electron chi connectivity index (χ2n) is 10.5. The third-order valence-corrected chi connectivity index (χ3v) is 9.76. The van der Waals surface area contributed by atoms with Crippen molar-refractivity contribution in [1.82, 2.24) is 0 Å². The number of benzene rings is 3. The summed E-state index contributed by atoms with van der Waals surface area (Å²) in [5, 5.41) is 0. The minimum Gasteiger partial charge on any atom is -0.493 e. The molecular formula is C30H32N2O4S. The lowest BCUT2D eigenvalue weighted by molar-refractivity contribution is 0.115. The summed E-state index contributed by atoms with van der Waals surface area (Å²) in [6.07, 6.45) is 5.01. The molecule has 7 rings (SSSR count). The van der Waals surface area contributed by atoms with E-state index >= 15 is 0 Å². The van der Waals surface area contributed by atoms with Crippen LogP contribution in [0, 0.1) is 18.8 Å². The summed E-state index contributed by atoms with van der Waals surface area (Å²) in [6.45, 7) is 1.93. The zero-order valence-electron chi connectivity index (χ0n) is 21.4. The molecule has 3 aromatic rings. The lowest BCUT2D eigenvalue weighted by atomic mass is 9.58. The summed E-state index contributed by atoms with van der Waals surface area (Å²) >= 11 is 0. The molecule has 0 saturated heterocycles. The fraction of sp³-hybridized carbons (Fsp3) is 0.367. The van der Waals surface area contributed by atoms with E-state index in [4.69, 9.17) is 14.5 Å². The molecule has 6 nitrogen and oxygen atoms in total. The summed E-state index contributed by atoms with van der Waals surface area (Å²) in [4.78, 5) is 5.61. The van der Waals surface area contributed by atoms with E-state index < -0.39 is 10.0 Å². The highest BCUT2D eigenvalue weighted by Gasteiger charge is 2.47. The van der Waals surface area contributed by atoms with Crippen molar-refractivity contribution in [3.63, 3.8) is 0 Å². The van der Waals surface area contributed by atoms with Crippen LogP contribution in [-0.4, -0.2) is 34.4 Å². The Bertz CT molecular complexity index is 1450. The number of rotatable bonds is 6. The van der Waals surface area contributed by atoms with Crippen LogP contribution in [0.4, 0.5) is 5.69 Å². The number of aliphatic imine (C=N–C) groups is 1. The SMILES string of the molecule is COc1cc2c(cc1OC)[C@@H]1C3CCC(CC3)[C@H]1N=C2c1ccc(NS(=O)(=O)c2ccc(C)cc2)cc1. The average Bonchev–Trinajstić information content (AvgIpc) is 2.92. The van der Waals surface area contributed by atoms with Crippen LogP contribution in [0.3, 0.4) is 0 Å². The molecule has 4 aliphatic rings. The third kappa shape index (κ3) is 4.19. The van der Waals surface area contributed by atoms with E-state index in [-0.39, 0.29) is 10.9 Å². The Labute approximate surface area is 218 Å². The number of fused-ring (bicyclic) bond motifs is 3. The molecule has 7 heteroatoms. The zero-order valence-corrected chi connectivity index (χ0v) is 22.2. The molecule has 0 aromatic heterocycles. The van der Waals surface area contributed by atoms with Crippen LogP contribution in [0.25, 0.3) is 0 Å². The summed E-state index contributed by atoms with van der Waals surface area (Å²) in [6, 6.07) is 18.8. The first-order chi connectivity index (χ1) is 17.9. The van der Waals surface area contributed by atoms with Crippen molar-refractivity contribution in [1.29, 1.82) is 0 Å². The lowest BCUT2D eigenvalue weighted by Gasteiger charge is -2.49. The standard InChI is InChI=1S/C30H32N2O4S/c1-18-4-14-23(15-5-18)37(33,34)32-22-12-10-20(11-13-22)29-25-17-27(36-3)26(35-2)16-24(25)28-19-6-8-21(9-7-19)30(28)31-29/h4-5,10-17,19,21,28,30,32H,6-9H2,1-3H3/t19?,21?,28-,30+/m0/s1. The number of hydrogen-bond acceptors (Lipinski definition) is 5. The van der Waals surface area contributed by atoms with Crippen molar-refractivity contribution < 1.29 is 17.9 Å². The maximum absolute atomic E-state index is 12.9. The lowest BCUT2D eigenvalue weighted by Crippen LogP contribution is -2.44. The zero-order chi connectivity index (χ0) is 25.7. The van der Waals surface area contributed by atoms with Crippen molar-refractivity contribution in [2.75, 3.05) is 18.9 Å². The van der Waals surface area contributed by atoms with Gasteiger partial charge in [0, 0.05) is 22.7 Å². The van der Waals surface area contributed by atoms with Crippen LogP contribution >= 0.6 is 0 Å².